The number of amides is 1. The van der Waals surface area contributed by atoms with E-state index in [1.54, 1.807) is 10.9 Å². The summed E-state index contributed by atoms with van der Waals surface area (Å²) in [6.45, 7) is 9.48. The minimum atomic E-state index is 0.0576. The molecule has 1 fully saturated rings. The van der Waals surface area contributed by atoms with Crippen LogP contribution in [0, 0.1) is 10.8 Å². The fourth-order valence-electron chi connectivity index (χ4n) is 3.76. The number of carbonyl (C=O) groups is 1. The maximum absolute atomic E-state index is 12.0. The lowest BCUT2D eigenvalue weighted by Gasteiger charge is -2.45. The van der Waals surface area contributed by atoms with Crippen LogP contribution in [-0.4, -0.2) is 21.7 Å². The molecule has 1 N–H and O–H groups in total. The Morgan fingerprint density at radius 3 is 2.47 bits per heavy atom. The van der Waals surface area contributed by atoms with Crippen LogP contribution in [-0.2, 0) is 11.3 Å². The molecule has 1 amide bonds. The summed E-state index contributed by atoms with van der Waals surface area (Å²) >= 11 is 0. The van der Waals surface area contributed by atoms with Crippen molar-refractivity contribution in [1.29, 1.82) is 0 Å². The normalized spacial score (nSPS) is 22.1. The number of nitrogens with zero attached hydrogens (tertiary/aromatic N) is 2. The highest BCUT2D eigenvalue weighted by Crippen LogP contribution is 2.45. The molecular weight excluding hydrogens is 238 g/mol. The summed E-state index contributed by atoms with van der Waals surface area (Å²) in [6.07, 6.45) is 6.84. The summed E-state index contributed by atoms with van der Waals surface area (Å²) in [6, 6.07) is 2.11. The Hall–Kier alpha value is -1.32. The van der Waals surface area contributed by atoms with Gasteiger partial charge in [-0.2, -0.15) is 5.10 Å². The molecule has 1 aliphatic carbocycles. The van der Waals surface area contributed by atoms with Gasteiger partial charge in [-0.15, -0.1) is 0 Å². The van der Waals surface area contributed by atoms with Crippen LogP contribution >= 0.6 is 0 Å². The molecule has 0 unspecified atom stereocenters. The van der Waals surface area contributed by atoms with Crippen LogP contribution in [0.1, 0.15) is 47.0 Å². The van der Waals surface area contributed by atoms with Gasteiger partial charge in [-0.05, 0) is 36.2 Å². The quantitative estimate of drug-likeness (QED) is 0.911. The van der Waals surface area contributed by atoms with Crippen LogP contribution in [0.15, 0.2) is 18.5 Å². The maximum Gasteiger partial charge on any atom is 0.241 e. The van der Waals surface area contributed by atoms with Gasteiger partial charge in [0.2, 0.25) is 5.91 Å². The van der Waals surface area contributed by atoms with Gasteiger partial charge >= 0.3 is 0 Å². The highest BCUT2D eigenvalue weighted by Gasteiger charge is 2.38. The van der Waals surface area contributed by atoms with Crippen LogP contribution in [0.25, 0.3) is 0 Å². The first kappa shape index (κ1) is 14.1. The smallest absolute Gasteiger partial charge is 0.241 e. The van der Waals surface area contributed by atoms with Gasteiger partial charge in [0.1, 0.15) is 6.54 Å². The Bertz CT molecular complexity index is 418. The molecule has 4 heteroatoms. The van der Waals surface area contributed by atoms with Crippen molar-refractivity contribution < 1.29 is 4.79 Å². The van der Waals surface area contributed by atoms with E-state index in [1.807, 2.05) is 12.3 Å². The number of hydrogen-bond acceptors (Lipinski definition) is 2. The van der Waals surface area contributed by atoms with Crippen LogP contribution < -0.4 is 5.32 Å². The summed E-state index contributed by atoms with van der Waals surface area (Å²) in [5, 5.41) is 7.23. The zero-order valence-electron chi connectivity index (χ0n) is 12.4. The van der Waals surface area contributed by atoms with Gasteiger partial charge in [0.05, 0.1) is 0 Å². The van der Waals surface area contributed by atoms with Gasteiger partial charge in [-0.1, -0.05) is 27.7 Å². The molecule has 0 aromatic carbocycles. The number of carbonyl (C=O) groups excluding carboxylic acids is 1. The first-order chi connectivity index (χ1) is 8.76. The van der Waals surface area contributed by atoms with E-state index in [0.29, 0.717) is 17.4 Å². The van der Waals surface area contributed by atoms with E-state index in [-0.39, 0.29) is 11.9 Å². The molecule has 0 spiro atoms. The Labute approximate surface area is 115 Å². The van der Waals surface area contributed by atoms with E-state index in [4.69, 9.17) is 0 Å². The van der Waals surface area contributed by atoms with Gasteiger partial charge < -0.3 is 5.32 Å². The zero-order valence-corrected chi connectivity index (χ0v) is 12.4. The Morgan fingerprint density at radius 1 is 1.32 bits per heavy atom. The van der Waals surface area contributed by atoms with Gasteiger partial charge in [0.15, 0.2) is 0 Å². The van der Waals surface area contributed by atoms with Gasteiger partial charge in [-0.3, -0.25) is 9.48 Å². The van der Waals surface area contributed by atoms with Crippen LogP contribution in [0.3, 0.4) is 0 Å². The second-order valence-electron chi connectivity index (χ2n) is 7.38. The second-order valence-corrected chi connectivity index (χ2v) is 7.38. The number of aromatic nitrogens is 2. The molecule has 106 valence electrons. The lowest BCUT2D eigenvalue weighted by molar-refractivity contribution is -0.123. The Balaban J connectivity index is 1.93. The average molecular weight is 263 g/mol. The molecular formula is C15H25N3O. The van der Waals surface area contributed by atoms with Crippen molar-refractivity contribution in [3.8, 4) is 0 Å². The topological polar surface area (TPSA) is 46.9 Å². The van der Waals surface area contributed by atoms with E-state index < -0.39 is 0 Å². The van der Waals surface area contributed by atoms with Gasteiger partial charge in [0.25, 0.3) is 0 Å². The molecule has 2 rings (SSSR count). The Kier molecular flexibility index (Phi) is 3.70. The molecule has 0 atom stereocenters. The van der Waals surface area contributed by atoms with Crippen molar-refractivity contribution in [2.45, 2.75) is 59.5 Å². The molecule has 1 saturated carbocycles. The van der Waals surface area contributed by atoms with Crippen molar-refractivity contribution >= 4 is 5.91 Å². The monoisotopic (exact) mass is 263 g/mol. The highest BCUT2D eigenvalue weighted by atomic mass is 16.2. The van der Waals surface area contributed by atoms with Crippen molar-refractivity contribution in [2.24, 2.45) is 10.8 Å². The second kappa shape index (κ2) is 4.99. The zero-order chi connectivity index (χ0) is 14.1. The van der Waals surface area contributed by atoms with Crippen molar-refractivity contribution in [3.63, 3.8) is 0 Å². The number of hydrogen-bond donors (Lipinski definition) is 1. The summed E-state index contributed by atoms with van der Waals surface area (Å²) in [5.74, 6) is 0.0576. The maximum atomic E-state index is 12.0. The van der Waals surface area contributed by atoms with E-state index >= 15 is 0 Å². The predicted molar refractivity (Wildman–Crippen MR) is 75.6 cm³/mol. The van der Waals surface area contributed by atoms with E-state index in [1.165, 1.54) is 6.42 Å². The lowest BCUT2D eigenvalue weighted by Crippen LogP contribution is -2.46. The fraction of sp³-hybridized carbons (Fsp3) is 0.733. The minimum Gasteiger partial charge on any atom is -0.352 e. The molecule has 4 nitrogen and oxygen atoms in total. The highest BCUT2D eigenvalue weighted by molar-refractivity contribution is 5.75. The molecule has 1 aliphatic rings. The third kappa shape index (κ3) is 4.08. The van der Waals surface area contributed by atoms with Crippen molar-refractivity contribution in [3.05, 3.63) is 18.5 Å². The lowest BCUT2D eigenvalue weighted by atomic mass is 9.63. The molecule has 19 heavy (non-hydrogen) atoms. The first-order valence-electron chi connectivity index (χ1n) is 7.03. The van der Waals surface area contributed by atoms with E-state index in [0.717, 1.165) is 12.8 Å². The molecule has 1 heterocycles. The Morgan fingerprint density at radius 2 is 1.95 bits per heavy atom. The summed E-state index contributed by atoms with van der Waals surface area (Å²) in [5.41, 5.74) is 0.594. The summed E-state index contributed by atoms with van der Waals surface area (Å²) in [7, 11) is 0. The molecule has 0 saturated heterocycles. The van der Waals surface area contributed by atoms with Crippen LogP contribution in [0.5, 0.6) is 0 Å². The molecule has 0 bridgehead atoms. The molecule has 0 aliphatic heterocycles. The first-order valence-corrected chi connectivity index (χ1v) is 7.03. The number of nitrogens with one attached hydrogen (secondary N) is 1. The SMILES string of the molecule is CC1(C)CC(NC(=O)Cn2cccn2)CC(C)(C)C1. The van der Waals surface area contributed by atoms with Crippen molar-refractivity contribution in [2.75, 3.05) is 0 Å². The van der Waals surface area contributed by atoms with Crippen LogP contribution in [0.2, 0.25) is 0 Å². The van der Waals surface area contributed by atoms with Crippen LogP contribution in [0.4, 0.5) is 0 Å². The summed E-state index contributed by atoms with van der Waals surface area (Å²) in [4.78, 5) is 12.0. The number of rotatable bonds is 3. The third-order valence-corrected chi connectivity index (χ3v) is 3.78. The fourth-order valence-corrected chi connectivity index (χ4v) is 3.76. The van der Waals surface area contributed by atoms with Crippen molar-refractivity contribution in [1.82, 2.24) is 15.1 Å². The molecule has 0 radical (unpaired) electrons. The van der Waals surface area contributed by atoms with Gasteiger partial charge in [-0.25, -0.2) is 0 Å². The third-order valence-electron chi connectivity index (χ3n) is 3.78. The largest absolute Gasteiger partial charge is 0.352 e. The van der Waals surface area contributed by atoms with Gasteiger partial charge in [0, 0.05) is 18.4 Å². The summed E-state index contributed by atoms with van der Waals surface area (Å²) < 4.78 is 1.66. The minimum absolute atomic E-state index is 0.0576. The molecule has 1 aromatic rings. The standard InChI is InChI=1S/C15H25N3O/c1-14(2)8-12(9-15(3,4)11-14)17-13(19)10-18-7-5-6-16-18/h5-7,12H,8-11H2,1-4H3,(H,17,19). The van der Waals surface area contributed by atoms with E-state index in [9.17, 15) is 4.79 Å². The molecule has 1 aromatic heterocycles. The average Bonchev–Trinajstić information content (AvgIpc) is 2.63. The van der Waals surface area contributed by atoms with E-state index in [2.05, 4.69) is 38.1 Å². The predicted octanol–water partition coefficient (Wildman–Crippen LogP) is 2.60.